The topological polar surface area (TPSA) is 107 Å². The lowest BCUT2D eigenvalue weighted by molar-refractivity contribution is -0.142. The lowest BCUT2D eigenvalue weighted by atomic mass is 9.94. The van der Waals surface area contributed by atoms with Gasteiger partial charge in [0.15, 0.2) is 0 Å². The second kappa shape index (κ2) is 16.2. The van der Waals surface area contributed by atoms with Gasteiger partial charge in [-0.2, -0.15) is 0 Å². The Morgan fingerprint density at radius 2 is 0.906 bits per heavy atom. The van der Waals surface area contributed by atoms with Gasteiger partial charge >= 0.3 is 17.9 Å². The van der Waals surface area contributed by atoms with Gasteiger partial charge in [0.25, 0.3) is 0 Å². The first kappa shape index (κ1) is 27.5. The van der Waals surface area contributed by atoms with Crippen LogP contribution in [-0.2, 0) is 42.8 Å². The van der Waals surface area contributed by atoms with E-state index in [1.165, 1.54) is 0 Å². The maximum atomic E-state index is 11.4. The third-order valence-corrected chi connectivity index (χ3v) is 3.65. The smallest absolute Gasteiger partial charge is 0.333 e. The van der Waals surface area contributed by atoms with Gasteiger partial charge < -0.3 is 28.4 Å². The van der Waals surface area contributed by atoms with Crippen LogP contribution in [0.25, 0.3) is 0 Å². The molecule has 0 aliphatic heterocycles. The summed E-state index contributed by atoms with van der Waals surface area (Å²) in [7, 11) is 0. The van der Waals surface area contributed by atoms with Crippen LogP contribution in [-0.4, -0.2) is 77.4 Å². The summed E-state index contributed by atoms with van der Waals surface area (Å²) in [5.74, 6) is -1.53. The molecule has 0 heterocycles. The fraction of sp³-hybridized carbons (Fsp3) is 0.609. The summed E-state index contributed by atoms with van der Waals surface area (Å²) in [5, 5.41) is 0. The van der Waals surface area contributed by atoms with Crippen molar-refractivity contribution in [3.05, 3.63) is 36.5 Å². The molecule has 0 atom stereocenters. The van der Waals surface area contributed by atoms with E-state index in [1.807, 2.05) is 0 Å². The molecule has 0 N–H and O–H groups in total. The van der Waals surface area contributed by atoms with Gasteiger partial charge in [-0.3, -0.25) is 0 Å². The first-order valence-electron chi connectivity index (χ1n) is 10.8. The van der Waals surface area contributed by atoms with Gasteiger partial charge in [0.1, 0.15) is 19.8 Å². The van der Waals surface area contributed by atoms with Crippen LogP contribution in [0.2, 0.25) is 0 Å². The van der Waals surface area contributed by atoms with Gasteiger partial charge in [-0.15, -0.1) is 0 Å². The lowest BCUT2D eigenvalue weighted by Gasteiger charge is -2.29. The van der Waals surface area contributed by atoms with Crippen molar-refractivity contribution >= 4 is 17.9 Å². The van der Waals surface area contributed by atoms with Gasteiger partial charge in [-0.05, 0) is 20.8 Å². The minimum absolute atomic E-state index is 0.0369. The Morgan fingerprint density at radius 3 is 1.12 bits per heavy atom. The second-order valence-corrected chi connectivity index (χ2v) is 7.41. The SMILES string of the molecule is [2H]CC(COCCOC(=O)C(=C)C)(COCCOC(=O)C(=C)C)COCCOC(=O)C(=C)C. The standard InChI is InChI=1S/C23H36O9/c1-17(2)20(24)30-11-8-27-14-23(7,15-28-9-12-31-21(25)18(3)4)16-29-10-13-32-22(26)19(5)6/h1,3,5,8-16H2,2,4,6-7H3/i7D. The molecule has 0 unspecified atom stereocenters. The predicted octanol–water partition coefficient (Wildman–Crippen LogP) is 2.40. The molecule has 0 aromatic rings. The van der Waals surface area contributed by atoms with Gasteiger partial charge in [0, 0.05) is 23.5 Å². The molecule has 182 valence electrons. The molecular weight excluding hydrogens is 420 g/mol. The number of hydrogen-bond acceptors (Lipinski definition) is 9. The molecule has 0 aliphatic rings. The van der Waals surface area contributed by atoms with Crippen molar-refractivity contribution in [3.63, 3.8) is 0 Å². The Labute approximate surface area is 191 Å². The van der Waals surface area contributed by atoms with Crippen LogP contribution >= 0.6 is 0 Å². The normalized spacial score (nSPS) is 11.3. The fourth-order valence-electron chi connectivity index (χ4n) is 1.94. The summed E-state index contributed by atoms with van der Waals surface area (Å²) in [6, 6.07) is 0. The lowest BCUT2D eigenvalue weighted by Crippen LogP contribution is -2.35. The first-order chi connectivity index (χ1) is 15.5. The Balaban J connectivity index is 4.64. The average Bonchev–Trinajstić information content (AvgIpc) is 2.76. The molecule has 0 aromatic carbocycles. The second-order valence-electron chi connectivity index (χ2n) is 7.41. The van der Waals surface area contributed by atoms with E-state index in [9.17, 15) is 14.4 Å². The highest BCUT2D eigenvalue weighted by Gasteiger charge is 2.26. The molecule has 0 amide bonds. The van der Waals surface area contributed by atoms with Crippen LogP contribution in [0.1, 0.15) is 29.0 Å². The zero-order chi connectivity index (χ0) is 25.3. The third kappa shape index (κ3) is 14.5. The minimum Gasteiger partial charge on any atom is -0.460 e. The molecule has 0 aromatic heterocycles. The molecule has 0 radical (unpaired) electrons. The highest BCUT2D eigenvalue weighted by Crippen LogP contribution is 2.18. The molecule has 0 aliphatic carbocycles. The van der Waals surface area contributed by atoms with Crippen molar-refractivity contribution in [2.45, 2.75) is 27.7 Å². The largest absolute Gasteiger partial charge is 0.460 e. The first-order valence-corrected chi connectivity index (χ1v) is 10.0. The number of esters is 3. The van der Waals surface area contributed by atoms with E-state index in [-0.39, 0.29) is 83.1 Å². The molecule has 0 spiro atoms. The highest BCUT2D eigenvalue weighted by atomic mass is 16.6. The van der Waals surface area contributed by atoms with Crippen LogP contribution in [0.3, 0.4) is 0 Å². The highest BCUT2D eigenvalue weighted by molar-refractivity contribution is 5.87. The minimum atomic E-state index is -0.838. The molecule has 0 rings (SSSR count). The van der Waals surface area contributed by atoms with Crippen LogP contribution < -0.4 is 0 Å². The third-order valence-electron chi connectivity index (χ3n) is 3.65. The summed E-state index contributed by atoms with van der Waals surface area (Å²) in [6.45, 7) is 15.8. The fourth-order valence-corrected chi connectivity index (χ4v) is 1.94. The summed E-state index contributed by atoms with van der Waals surface area (Å²) in [4.78, 5) is 34.2. The average molecular weight is 458 g/mol. The van der Waals surface area contributed by atoms with Crippen molar-refractivity contribution in [2.24, 2.45) is 5.41 Å². The van der Waals surface area contributed by atoms with Gasteiger partial charge in [0.05, 0.1) is 39.6 Å². The predicted molar refractivity (Wildman–Crippen MR) is 118 cm³/mol. The van der Waals surface area contributed by atoms with Crippen molar-refractivity contribution in [1.29, 1.82) is 0 Å². The van der Waals surface area contributed by atoms with E-state index in [0.29, 0.717) is 0 Å². The molecule has 0 fully saturated rings. The monoisotopic (exact) mass is 457 g/mol. The van der Waals surface area contributed by atoms with Gasteiger partial charge in [-0.1, -0.05) is 26.6 Å². The Bertz CT molecular complexity index is 599. The summed E-state index contributed by atoms with van der Waals surface area (Å²) < 4.78 is 39.7. The van der Waals surface area contributed by atoms with E-state index in [0.717, 1.165) is 0 Å². The maximum absolute atomic E-state index is 11.4. The van der Waals surface area contributed by atoms with E-state index in [4.69, 9.17) is 29.8 Å². The van der Waals surface area contributed by atoms with Crippen LogP contribution in [0, 0.1) is 5.41 Å². The quantitative estimate of drug-likeness (QED) is 0.133. The number of carbonyl (C=O) groups is 3. The van der Waals surface area contributed by atoms with Crippen molar-refractivity contribution < 1.29 is 44.2 Å². The van der Waals surface area contributed by atoms with Gasteiger partial charge in [0.2, 0.25) is 0 Å². The number of hydrogen-bond donors (Lipinski definition) is 0. The van der Waals surface area contributed by atoms with E-state index >= 15 is 0 Å². The Kier molecular flexibility index (Phi) is 13.9. The molecule has 9 nitrogen and oxygen atoms in total. The Morgan fingerprint density at radius 1 is 0.625 bits per heavy atom. The van der Waals surface area contributed by atoms with E-state index in [1.54, 1.807) is 20.8 Å². The Hall–Kier alpha value is -2.49. The van der Waals surface area contributed by atoms with E-state index < -0.39 is 23.3 Å². The van der Waals surface area contributed by atoms with Crippen LogP contribution in [0.5, 0.6) is 0 Å². The number of carbonyl (C=O) groups excluding carboxylic acids is 3. The maximum Gasteiger partial charge on any atom is 0.333 e. The number of rotatable bonds is 18. The molecule has 0 saturated heterocycles. The van der Waals surface area contributed by atoms with E-state index in [2.05, 4.69) is 19.7 Å². The molecule has 0 saturated carbocycles. The van der Waals surface area contributed by atoms with Gasteiger partial charge in [-0.25, -0.2) is 14.4 Å². The number of ether oxygens (including phenoxy) is 6. The van der Waals surface area contributed by atoms with Crippen molar-refractivity contribution in [2.75, 3.05) is 59.5 Å². The molecule has 0 bridgehead atoms. The van der Waals surface area contributed by atoms with Crippen molar-refractivity contribution in [1.82, 2.24) is 0 Å². The molecule has 9 heteroatoms. The molecule has 32 heavy (non-hydrogen) atoms. The van der Waals surface area contributed by atoms with Crippen LogP contribution in [0.4, 0.5) is 0 Å². The zero-order valence-corrected chi connectivity index (χ0v) is 19.4. The zero-order valence-electron chi connectivity index (χ0n) is 20.4. The van der Waals surface area contributed by atoms with Crippen molar-refractivity contribution in [3.8, 4) is 0 Å². The molecular formula is C23H36O9. The summed E-state index contributed by atoms with van der Waals surface area (Å²) in [5.41, 5.74) is 0.0285. The summed E-state index contributed by atoms with van der Waals surface area (Å²) in [6.07, 6.45) is 0. The van der Waals surface area contributed by atoms with Crippen LogP contribution in [0.15, 0.2) is 36.5 Å². The summed E-state index contributed by atoms with van der Waals surface area (Å²) >= 11 is 0.